The van der Waals surface area contributed by atoms with E-state index >= 15 is 0 Å². The SMILES string of the molecule is C=C[C@]1(NC(=O)C(Cl)(Cl)Cl)C[C@@H](O)C(C)=CC1[C@H]1COC(C)(C)O1. The quantitative estimate of drug-likeness (QED) is 0.566. The lowest BCUT2D eigenvalue weighted by atomic mass is 9.70. The number of aliphatic hydroxyl groups excluding tert-OH is 1. The van der Waals surface area contributed by atoms with Gasteiger partial charge in [-0.25, -0.2) is 0 Å². The minimum absolute atomic E-state index is 0.205. The van der Waals surface area contributed by atoms with E-state index in [1.807, 2.05) is 26.8 Å². The summed E-state index contributed by atoms with van der Waals surface area (Å²) >= 11 is 17.1. The van der Waals surface area contributed by atoms with E-state index in [1.54, 1.807) is 6.08 Å². The second kappa shape index (κ2) is 6.78. The molecule has 24 heavy (non-hydrogen) atoms. The molecule has 0 saturated carbocycles. The van der Waals surface area contributed by atoms with E-state index in [0.29, 0.717) is 6.61 Å². The number of halogens is 3. The number of alkyl halides is 3. The molecule has 8 heteroatoms. The first kappa shape index (κ1) is 20.0. The Balaban J connectivity index is 2.38. The van der Waals surface area contributed by atoms with Gasteiger partial charge in [0, 0.05) is 12.3 Å². The summed E-state index contributed by atoms with van der Waals surface area (Å²) in [6, 6.07) is 0. The molecule has 1 fully saturated rings. The largest absolute Gasteiger partial charge is 0.389 e. The molecule has 5 nitrogen and oxygen atoms in total. The fraction of sp³-hybridized carbons (Fsp3) is 0.688. The van der Waals surface area contributed by atoms with Crippen LogP contribution in [-0.2, 0) is 14.3 Å². The molecule has 0 aromatic carbocycles. The molecule has 1 saturated heterocycles. The number of ether oxygens (including phenoxy) is 2. The van der Waals surface area contributed by atoms with Crippen molar-refractivity contribution in [2.75, 3.05) is 6.61 Å². The Bertz CT molecular complexity index is 558. The number of rotatable bonds is 3. The molecule has 0 aromatic rings. The first-order valence-corrected chi connectivity index (χ1v) is 8.75. The third-order valence-electron chi connectivity index (χ3n) is 4.49. The Kier molecular flexibility index (Phi) is 5.66. The lowest BCUT2D eigenvalue weighted by Gasteiger charge is -2.45. The maximum absolute atomic E-state index is 12.2. The van der Waals surface area contributed by atoms with Crippen LogP contribution in [0.5, 0.6) is 0 Å². The summed E-state index contributed by atoms with van der Waals surface area (Å²) in [5, 5.41) is 13.0. The number of carbonyl (C=O) groups is 1. The van der Waals surface area contributed by atoms with Gasteiger partial charge in [-0.15, -0.1) is 6.58 Å². The molecule has 0 radical (unpaired) electrons. The van der Waals surface area contributed by atoms with E-state index in [1.165, 1.54) is 0 Å². The first-order chi connectivity index (χ1) is 10.9. The van der Waals surface area contributed by atoms with Gasteiger partial charge in [-0.05, 0) is 26.3 Å². The predicted octanol–water partition coefficient (Wildman–Crippen LogP) is 2.88. The summed E-state index contributed by atoms with van der Waals surface area (Å²) in [5.41, 5.74) is -0.233. The minimum Gasteiger partial charge on any atom is -0.389 e. The summed E-state index contributed by atoms with van der Waals surface area (Å²) in [4.78, 5) is 12.2. The third-order valence-corrected chi connectivity index (χ3v) is 5.01. The predicted molar refractivity (Wildman–Crippen MR) is 94.1 cm³/mol. The van der Waals surface area contributed by atoms with Gasteiger partial charge in [0.25, 0.3) is 9.70 Å². The average Bonchev–Trinajstić information content (AvgIpc) is 2.81. The first-order valence-electron chi connectivity index (χ1n) is 7.61. The molecule has 1 heterocycles. The zero-order valence-electron chi connectivity index (χ0n) is 13.8. The van der Waals surface area contributed by atoms with Gasteiger partial charge in [-0.3, -0.25) is 4.79 Å². The van der Waals surface area contributed by atoms with Crippen LogP contribution < -0.4 is 5.32 Å². The molecule has 0 spiro atoms. The maximum Gasteiger partial charge on any atom is 0.272 e. The van der Waals surface area contributed by atoms with Gasteiger partial charge in [-0.1, -0.05) is 47.0 Å². The Morgan fingerprint density at radius 3 is 2.58 bits per heavy atom. The van der Waals surface area contributed by atoms with Gasteiger partial charge in [0.15, 0.2) is 5.79 Å². The topological polar surface area (TPSA) is 67.8 Å². The van der Waals surface area contributed by atoms with Crippen molar-refractivity contribution >= 4 is 40.7 Å². The number of hydrogen-bond donors (Lipinski definition) is 2. The van der Waals surface area contributed by atoms with Crippen LogP contribution in [0.25, 0.3) is 0 Å². The molecular weight excluding hydrogens is 377 g/mol. The normalized spacial score (nSPS) is 36.1. The highest BCUT2D eigenvalue weighted by Gasteiger charge is 2.51. The van der Waals surface area contributed by atoms with Crippen LogP contribution in [0.4, 0.5) is 0 Å². The Morgan fingerprint density at radius 1 is 1.50 bits per heavy atom. The molecule has 0 aromatic heterocycles. The molecule has 1 aliphatic heterocycles. The number of nitrogens with one attached hydrogen (secondary N) is 1. The van der Waals surface area contributed by atoms with Crippen LogP contribution in [0.3, 0.4) is 0 Å². The van der Waals surface area contributed by atoms with E-state index in [0.717, 1.165) is 5.57 Å². The summed E-state index contributed by atoms with van der Waals surface area (Å²) in [6.45, 7) is 9.63. The van der Waals surface area contributed by atoms with Crippen molar-refractivity contribution in [2.24, 2.45) is 5.92 Å². The van der Waals surface area contributed by atoms with Gasteiger partial charge >= 0.3 is 0 Å². The average molecular weight is 399 g/mol. The van der Waals surface area contributed by atoms with Crippen LogP contribution in [0, 0.1) is 5.92 Å². The Morgan fingerprint density at radius 2 is 2.12 bits per heavy atom. The standard InChI is InChI=1S/C16H22Cl3NO4/c1-5-15(20-13(22)16(17,18)19)7-11(21)9(2)6-10(15)12-8-23-14(3,4)24-12/h5-6,10-12,21H,1,7-8H2,2-4H3,(H,20,22)/t10?,11-,12-,15+/m1/s1. The number of carbonyl (C=O) groups excluding carboxylic acids is 1. The van der Waals surface area contributed by atoms with E-state index in [-0.39, 0.29) is 18.4 Å². The van der Waals surface area contributed by atoms with Crippen LogP contribution in [0.15, 0.2) is 24.3 Å². The fourth-order valence-corrected chi connectivity index (χ4v) is 3.32. The minimum atomic E-state index is -2.12. The summed E-state index contributed by atoms with van der Waals surface area (Å²) in [5.74, 6) is -1.83. The van der Waals surface area contributed by atoms with Gasteiger partial charge in [0.2, 0.25) is 0 Å². The van der Waals surface area contributed by atoms with E-state index in [4.69, 9.17) is 44.3 Å². The van der Waals surface area contributed by atoms with Crippen LogP contribution in [-0.4, -0.2) is 44.9 Å². The van der Waals surface area contributed by atoms with Crippen molar-refractivity contribution in [3.05, 3.63) is 24.3 Å². The van der Waals surface area contributed by atoms with Crippen LogP contribution >= 0.6 is 34.8 Å². The van der Waals surface area contributed by atoms with E-state index < -0.39 is 27.1 Å². The second-order valence-electron chi connectivity index (χ2n) is 6.72. The summed E-state index contributed by atoms with van der Waals surface area (Å²) in [7, 11) is 0. The van der Waals surface area contributed by atoms with Crippen molar-refractivity contribution < 1.29 is 19.4 Å². The van der Waals surface area contributed by atoms with E-state index in [9.17, 15) is 9.90 Å². The molecule has 1 unspecified atom stereocenters. The molecule has 2 rings (SSSR count). The molecular formula is C16H22Cl3NO4. The monoisotopic (exact) mass is 397 g/mol. The molecule has 1 aliphatic carbocycles. The highest BCUT2D eigenvalue weighted by Crippen LogP contribution is 2.41. The van der Waals surface area contributed by atoms with Gasteiger partial charge in [0.1, 0.15) is 0 Å². The zero-order valence-corrected chi connectivity index (χ0v) is 16.1. The lowest BCUT2D eigenvalue weighted by molar-refractivity contribution is -0.146. The van der Waals surface area contributed by atoms with Gasteiger partial charge < -0.3 is 19.9 Å². The van der Waals surface area contributed by atoms with Crippen molar-refractivity contribution in [2.45, 2.75) is 54.5 Å². The van der Waals surface area contributed by atoms with Crippen LogP contribution in [0.2, 0.25) is 0 Å². The highest BCUT2D eigenvalue weighted by atomic mass is 35.6. The number of aliphatic hydroxyl groups is 1. The molecule has 4 atom stereocenters. The molecule has 2 N–H and O–H groups in total. The smallest absolute Gasteiger partial charge is 0.272 e. The number of hydrogen-bond acceptors (Lipinski definition) is 4. The highest BCUT2D eigenvalue weighted by molar-refractivity contribution is 6.76. The van der Waals surface area contributed by atoms with Crippen molar-refractivity contribution in [1.29, 1.82) is 0 Å². The van der Waals surface area contributed by atoms with Crippen molar-refractivity contribution in [3.8, 4) is 0 Å². The molecule has 0 bridgehead atoms. The van der Waals surface area contributed by atoms with Gasteiger partial charge in [-0.2, -0.15) is 0 Å². The van der Waals surface area contributed by atoms with Crippen molar-refractivity contribution in [1.82, 2.24) is 5.32 Å². The third kappa shape index (κ3) is 4.09. The summed E-state index contributed by atoms with van der Waals surface area (Å²) < 4.78 is 9.47. The fourth-order valence-electron chi connectivity index (χ4n) is 3.18. The number of amides is 1. The molecule has 2 aliphatic rings. The lowest BCUT2D eigenvalue weighted by Crippen LogP contribution is -2.60. The molecule has 1 amide bonds. The Hall–Kier alpha value is -0.300. The van der Waals surface area contributed by atoms with Crippen LogP contribution in [0.1, 0.15) is 27.2 Å². The summed E-state index contributed by atoms with van der Waals surface area (Å²) in [6.07, 6.45) is 2.55. The Labute approximate surface area is 156 Å². The maximum atomic E-state index is 12.2. The second-order valence-corrected chi connectivity index (χ2v) is 9.00. The molecule has 136 valence electrons. The van der Waals surface area contributed by atoms with E-state index in [2.05, 4.69) is 11.9 Å². The van der Waals surface area contributed by atoms with Gasteiger partial charge in [0.05, 0.1) is 24.4 Å². The van der Waals surface area contributed by atoms with Crippen molar-refractivity contribution in [3.63, 3.8) is 0 Å². The zero-order chi connectivity index (χ0) is 18.3.